The largest absolute Gasteiger partial charge is 0.481 e. The quantitative estimate of drug-likeness (QED) is 0.0974. The van der Waals surface area contributed by atoms with Crippen LogP contribution in [-0.4, -0.2) is 155 Å². The third-order valence-corrected chi connectivity index (χ3v) is 5.01. The molecule has 0 aliphatic heterocycles. The van der Waals surface area contributed by atoms with Gasteiger partial charge in [0.15, 0.2) is 0 Å². The van der Waals surface area contributed by atoms with Gasteiger partial charge in [-0.15, -0.1) is 0 Å². The van der Waals surface area contributed by atoms with E-state index in [9.17, 15) is 9.59 Å². The molecule has 0 aromatic rings. The second-order valence-electron chi connectivity index (χ2n) is 9.03. The van der Waals surface area contributed by atoms with Gasteiger partial charge in [-0.2, -0.15) is 0 Å². The molecule has 0 unspecified atom stereocenters. The molecule has 0 saturated heterocycles. The molecule has 250 valence electrons. The molecule has 0 aliphatic carbocycles. The Kier molecular flexibility index (Phi) is 32.9. The van der Waals surface area contributed by atoms with E-state index in [4.69, 9.17) is 52.5 Å². The molecule has 0 bridgehead atoms. The number of carbonyl (C=O) groups excluding carboxylic acids is 1. The lowest BCUT2D eigenvalue weighted by molar-refractivity contribution is -0.138. The molecule has 0 aliphatic rings. The van der Waals surface area contributed by atoms with Crippen LogP contribution in [-0.2, 0) is 57.0 Å². The van der Waals surface area contributed by atoms with Gasteiger partial charge in [0, 0.05) is 19.6 Å². The van der Waals surface area contributed by atoms with Crippen LogP contribution in [0.1, 0.15) is 33.1 Å². The number of nitrogens with one attached hydrogen (secondary N) is 1. The van der Waals surface area contributed by atoms with E-state index in [1.54, 1.807) is 0 Å². The third kappa shape index (κ3) is 36.6. The van der Waals surface area contributed by atoms with Gasteiger partial charge >= 0.3 is 5.97 Å². The van der Waals surface area contributed by atoms with Crippen LogP contribution in [0.5, 0.6) is 0 Å². The van der Waals surface area contributed by atoms with Crippen LogP contribution < -0.4 is 5.32 Å². The zero-order valence-corrected chi connectivity index (χ0v) is 25.7. The summed E-state index contributed by atoms with van der Waals surface area (Å²) in [7, 11) is 0. The molecule has 0 spiro atoms. The van der Waals surface area contributed by atoms with Crippen molar-refractivity contribution in [1.82, 2.24) is 5.32 Å². The topological polar surface area (TPSA) is 159 Å². The maximum absolute atomic E-state index is 11.3. The zero-order valence-electron chi connectivity index (χ0n) is 25.7. The molecule has 14 nitrogen and oxygen atoms in total. The van der Waals surface area contributed by atoms with E-state index in [0.29, 0.717) is 138 Å². The summed E-state index contributed by atoms with van der Waals surface area (Å²) in [6.45, 7) is 14.1. The maximum atomic E-state index is 11.3. The van der Waals surface area contributed by atoms with Crippen molar-refractivity contribution in [3.8, 4) is 0 Å². The van der Waals surface area contributed by atoms with Gasteiger partial charge in [0.25, 0.3) is 0 Å². The summed E-state index contributed by atoms with van der Waals surface area (Å²) in [5, 5.41) is 11.2. The fraction of sp³-hybridized carbons (Fsp3) is 0.929. The predicted molar refractivity (Wildman–Crippen MR) is 153 cm³/mol. The summed E-state index contributed by atoms with van der Waals surface area (Å²) in [5.74, 6) is -1.25. The molecule has 0 aromatic carbocycles. The third-order valence-electron chi connectivity index (χ3n) is 5.01. The number of amides is 1. The Morgan fingerprint density at radius 2 is 0.810 bits per heavy atom. The minimum Gasteiger partial charge on any atom is -0.481 e. The smallest absolute Gasteiger partial charge is 0.303 e. The Hall–Kier alpha value is -1.46. The zero-order chi connectivity index (χ0) is 30.8. The highest BCUT2D eigenvalue weighted by Gasteiger charge is 2.04. The molecule has 2 N–H and O–H groups in total. The minimum atomic E-state index is -0.981. The van der Waals surface area contributed by atoms with E-state index in [1.807, 2.05) is 13.8 Å². The van der Waals surface area contributed by atoms with Crippen molar-refractivity contribution in [1.29, 1.82) is 0 Å². The lowest BCUT2D eigenvalue weighted by Gasteiger charge is -2.09. The van der Waals surface area contributed by atoms with Gasteiger partial charge in [0.2, 0.25) is 5.91 Å². The molecule has 0 heterocycles. The summed E-state index contributed by atoms with van der Waals surface area (Å²) in [5.41, 5.74) is 0. The molecule has 42 heavy (non-hydrogen) atoms. The second kappa shape index (κ2) is 34.0. The van der Waals surface area contributed by atoms with E-state index >= 15 is 0 Å². The molecule has 1 amide bonds. The fourth-order valence-corrected chi connectivity index (χ4v) is 2.91. The number of aliphatic carboxylic acids is 1. The summed E-state index contributed by atoms with van der Waals surface area (Å²) in [6.07, 6.45) is 0.710. The van der Waals surface area contributed by atoms with Crippen LogP contribution in [0.2, 0.25) is 0 Å². The minimum absolute atomic E-state index is 0.00774. The second-order valence-corrected chi connectivity index (χ2v) is 9.03. The van der Waals surface area contributed by atoms with E-state index in [2.05, 4.69) is 5.32 Å². The highest BCUT2D eigenvalue weighted by molar-refractivity contribution is 5.80. The number of hydrogen-bond donors (Lipinski definition) is 2. The first-order chi connectivity index (χ1) is 20.5. The molecule has 0 atom stereocenters. The van der Waals surface area contributed by atoms with Gasteiger partial charge in [-0.25, -0.2) is 0 Å². The van der Waals surface area contributed by atoms with Crippen LogP contribution >= 0.6 is 0 Å². The van der Waals surface area contributed by atoms with E-state index < -0.39 is 5.97 Å². The molecule has 0 radical (unpaired) electrons. The number of ether oxygens (including phenoxy) is 10. The highest BCUT2D eigenvalue weighted by Crippen LogP contribution is 1.91. The molecular weight excluding hydrogens is 558 g/mol. The Morgan fingerprint density at radius 1 is 0.500 bits per heavy atom. The van der Waals surface area contributed by atoms with Crippen molar-refractivity contribution in [2.45, 2.75) is 39.2 Å². The van der Waals surface area contributed by atoms with Crippen LogP contribution in [0.15, 0.2) is 0 Å². The Morgan fingerprint density at radius 3 is 1.12 bits per heavy atom. The first-order valence-electron chi connectivity index (χ1n) is 14.8. The fourth-order valence-electron chi connectivity index (χ4n) is 2.91. The van der Waals surface area contributed by atoms with Gasteiger partial charge in [0.1, 0.15) is 0 Å². The highest BCUT2D eigenvalue weighted by atomic mass is 16.6. The van der Waals surface area contributed by atoms with Crippen LogP contribution in [0, 0.1) is 0 Å². The Bertz CT molecular complexity index is 584. The van der Waals surface area contributed by atoms with Gasteiger partial charge in [-0.3, -0.25) is 9.59 Å². The standard InChI is InChI=1S/C28H55NO13/c1-26(2)42-25-24-41-23-22-40-21-20-39-19-18-38-17-16-37-15-14-36-13-12-35-11-10-34-9-8-33-7-3-6-29-27(30)4-5-28(31)32/h26H,3-25H2,1-2H3,(H,29,30)(H,31,32). The van der Waals surface area contributed by atoms with Crippen LogP contribution in [0.25, 0.3) is 0 Å². The molecule has 0 fully saturated rings. The average Bonchev–Trinajstić information content (AvgIpc) is 2.96. The van der Waals surface area contributed by atoms with Crippen molar-refractivity contribution in [2.75, 3.05) is 132 Å². The molecule has 0 aromatic heterocycles. The van der Waals surface area contributed by atoms with Gasteiger partial charge < -0.3 is 57.8 Å². The van der Waals surface area contributed by atoms with Crippen LogP contribution in [0.4, 0.5) is 0 Å². The maximum Gasteiger partial charge on any atom is 0.303 e. The first kappa shape index (κ1) is 40.5. The van der Waals surface area contributed by atoms with Crippen molar-refractivity contribution in [3.05, 3.63) is 0 Å². The lowest BCUT2D eigenvalue weighted by atomic mass is 10.3. The van der Waals surface area contributed by atoms with Gasteiger partial charge in [0.05, 0.1) is 131 Å². The molecule has 14 heteroatoms. The Balaban J connectivity index is 3.08. The number of rotatable bonds is 35. The van der Waals surface area contributed by atoms with Crippen molar-refractivity contribution in [2.24, 2.45) is 0 Å². The van der Waals surface area contributed by atoms with Crippen molar-refractivity contribution in [3.63, 3.8) is 0 Å². The van der Waals surface area contributed by atoms with Crippen molar-refractivity contribution >= 4 is 11.9 Å². The monoisotopic (exact) mass is 613 g/mol. The summed E-state index contributed by atoms with van der Waals surface area (Å²) < 4.78 is 54.3. The van der Waals surface area contributed by atoms with E-state index in [0.717, 1.165) is 0 Å². The number of carboxylic acid groups (broad SMARTS) is 1. The molecule has 0 saturated carbocycles. The average molecular weight is 614 g/mol. The lowest BCUT2D eigenvalue weighted by Crippen LogP contribution is -2.25. The SMILES string of the molecule is CC(C)OCCOCCOCCOCCOCCOCCOCCOCCOCCOCCCNC(=O)CCC(=O)O. The van der Waals surface area contributed by atoms with Crippen molar-refractivity contribution < 1.29 is 62.1 Å². The number of hydrogen-bond acceptors (Lipinski definition) is 12. The number of carboxylic acids is 1. The first-order valence-corrected chi connectivity index (χ1v) is 14.8. The summed E-state index contributed by atoms with van der Waals surface area (Å²) in [6, 6.07) is 0. The summed E-state index contributed by atoms with van der Waals surface area (Å²) in [4.78, 5) is 21.7. The number of carbonyl (C=O) groups is 2. The normalized spacial score (nSPS) is 11.4. The Labute approximate surface area is 250 Å². The van der Waals surface area contributed by atoms with Crippen LogP contribution in [0.3, 0.4) is 0 Å². The predicted octanol–water partition coefficient (Wildman–Crippen LogP) is 0.932. The molecule has 0 rings (SSSR count). The van der Waals surface area contributed by atoms with E-state index in [-0.39, 0.29) is 24.9 Å². The summed E-state index contributed by atoms with van der Waals surface area (Å²) >= 11 is 0. The van der Waals surface area contributed by atoms with Gasteiger partial charge in [-0.05, 0) is 20.3 Å². The van der Waals surface area contributed by atoms with Gasteiger partial charge in [-0.1, -0.05) is 0 Å². The van der Waals surface area contributed by atoms with E-state index in [1.165, 1.54) is 0 Å². The molecular formula is C28H55NO13.